The maximum absolute atomic E-state index is 12.4. The number of hydrogen-bond donors (Lipinski definition) is 3. The van der Waals surface area contributed by atoms with Gasteiger partial charge in [0.25, 0.3) is 11.8 Å². The summed E-state index contributed by atoms with van der Waals surface area (Å²) in [6.45, 7) is 6.74. The highest BCUT2D eigenvalue weighted by Crippen LogP contribution is 2.44. The van der Waals surface area contributed by atoms with Crippen LogP contribution in [0, 0.1) is 11.3 Å². The largest absolute Gasteiger partial charge is 0.365 e. The van der Waals surface area contributed by atoms with Gasteiger partial charge in [-0.2, -0.15) is 0 Å². The van der Waals surface area contributed by atoms with Crippen LogP contribution in [-0.4, -0.2) is 16.9 Å². The van der Waals surface area contributed by atoms with Crippen molar-refractivity contribution in [3.05, 3.63) is 50.3 Å². The maximum atomic E-state index is 12.4. The van der Waals surface area contributed by atoms with E-state index in [4.69, 9.17) is 18.0 Å². The first-order valence-electron chi connectivity index (χ1n) is 9.38. The molecule has 1 atom stereocenters. The summed E-state index contributed by atoms with van der Waals surface area (Å²) in [6, 6.07) is 7.03. The lowest BCUT2D eigenvalue weighted by molar-refractivity contribution is 0.0975. The van der Waals surface area contributed by atoms with Gasteiger partial charge in [0.15, 0.2) is 5.11 Å². The van der Waals surface area contributed by atoms with Crippen LogP contribution in [0.5, 0.6) is 0 Å². The monoisotopic (exact) mass is 493 g/mol. The van der Waals surface area contributed by atoms with Crippen molar-refractivity contribution in [2.24, 2.45) is 17.1 Å². The highest BCUT2D eigenvalue weighted by atomic mass is 79.9. The van der Waals surface area contributed by atoms with E-state index in [1.165, 1.54) is 16.2 Å². The molecule has 154 valence electrons. The molecule has 3 rings (SSSR count). The topological polar surface area (TPSA) is 84.2 Å². The summed E-state index contributed by atoms with van der Waals surface area (Å²) in [6.07, 6.45) is 2.77. The Morgan fingerprint density at radius 3 is 2.66 bits per heavy atom. The summed E-state index contributed by atoms with van der Waals surface area (Å²) in [5, 5.41) is 6.44. The summed E-state index contributed by atoms with van der Waals surface area (Å²) < 4.78 is 0.805. The van der Waals surface area contributed by atoms with Crippen molar-refractivity contribution in [3.8, 4) is 0 Å². The Balaban J connectivity index is 1.79. The minimum Gasteiger partial charge on any atom is -0.365 e. The molecule has 29 heavy (non-hydrogen) atoms. The van der Waals surface area contributed by atoms with E-state index in [1.54, 1.807) is 18.2 Å². The molecule has 8 heteroatoms. The third kappa shape index (κ3) is 5.05. The smallest absolute Gasteiger partial charge is 0.257 e. The van der Waals surface area contributed by atoms with E-state index < -0.39 is 5.91 Å². The van der Waals surface area contributed by atoms with E-state index in [-0.39, 0.29) is 16.4 Å². The number of hydrogen-bond acceptors (Lipinski definition) is 4. The molecule has 1 unspecified atom stereocenters. The zero-order chi connectivity index (χ0) is 21.3. The summed E-state index contributed by atoms with van der Waals surface area (Å²) in [7, 11) is 0. The first-order valence-corrected chi connectivity index (χ1v) is 11.4. The molecule has 1 aromatic heterocycles. The van der Waals surface area contributed by atoms with Gasteiger partial charge < -0.3 is 11.1 Å². The zero-order valence-corrected chi connectivity index (χ0v) is 19.8. The number of carbonyl (C=O) groups is 2. The Hall–Kier alpha value is -1.77. The minimum atomic E-state index is -0.472. The van der Waals surface area contributed by atoms with Crippen LogP contribution in [0.3, 0.4) is 0 Å². The highest BCUT2D eigenvalue weighted by molar-refractivity contribution is 9.10. The van der Waals surface area contributed by atoms with Crippen LogP contribution in [0.4, 0.5) is 5.00 Å². The first kappa shape index (κ1) is 21.9. The number of rotatable bonds is 3. The second-order valence-corrected chi connectivity index (χ2v) is 10.7. The quantitative estimate of drug-likeness (QED) is 0.531. The minimum absolute atomic E-state index is 0.142. The molecule has 0 saturated carbocycles. The lowest BCUT2D eigenvalue weighted by Crippen LogP contribution is -2.34. The molecule has 2 amide bonds. The fourth-order valence-corrected chi connectivity index (χ4v) is 5.61. The van der Waals surface area contributed by atoms with Gasteiger partial charge in [-0.25, -0.2) is 0 Å². The fraction of sp³-hybridized carbons (Fsp3) is 0.381. The number of nitrogens with one attached hydrogen (secondary N) is 2. The number of fused-ring (bicyclic) bond motifs is 1. The Bertz CT molecular complexity index is 979. The average Bonchev–Trinajstić information content (AvgIpc) is 2.97. The van der Waals surface area contributed by atoms with Crippen LogP contribution in [0.2, 0.25) is 0 Å². The standard InChI is InChI=1S/C21H24BrN3O2S2/c1-21(2,3)12-7-8-14-15(10-12)29-19(16(14)17(23)26)25-20(28)24-18(27)11-5-4-6-13(22)9-11/h4-6,9,12H,7-8,10H2,1-3H3,(H2,23,26)(H2,24,25,27,28). The van der Waals surface area contributed by atoms with Crippen molar-refractivity contribution < 1.29 is 9.59 Å². The first-order chi connectivity index (χ1) is 13.6. The number of halogens is 1. The summed E-state index contributed by atoms with van der Waals surface area (Å²) in [5.74, 6) is -0.246. The Kier molecular flexibility index (Phi) is 6.45. The number of primary amides is 1. The molecule has 1 heterocycles. The van der Waals surface area contributed by atoms with Gasteiger partial charge in [-0.15, -0.1) is 11.3 Å². The SMILES string of the molecule is CC(C)(C)C1CCc2c(sc(NC(=S)NC(=O)c3cccc(Br)c3)c2C(N)=O)C1. The van der Waals surface area contributed by atoms with E-state index in [2.05, 4.69) is 47.3 Å². The van der Waals surface area contributed by atoms with Gasteiger partial charge in [0.05, 0.1) is 5.56 Å². The molecule has 4 N–H and O–H groups in total. The molecule has 5 nitrogen and oxygen atoms in total. The van der Waals surface area contributed by atoms with Gasteiger partial charge in [0, 0.05) is 14.9 Å². The molecule has 0 bridgehead atoms. The fourth-order valence-electron chi connectivity index (χ4n) is 3.61. The van der Waals surface area contributed by atoms with Gasteiger partial charge >= 0.3 is 0 Å². The third-order valence-corrected chi connectivity index (χ3v) is 7.14. The molecule has 1 aliphatic carbocycles. The third-order valence-electron chi connectivity index (χ3n) is 5.28. The number of nitrogens with two attached hydrogens (primary N) is 1. The number of carbonyl (C=O) groups excluding carboxylic acids is 2. The second-order valence-electron chi connectivity index (χ2n) is 8.30. The molecular formula is C21H24BrN3O2S2. The lowest BCUT2D eigenvalue weighted by atomic mass is 9.72. The molecule has 2 aromatic rings. The molecular weight excluding hydrogens is 470 g/mol. The predicted molar refractivity (Wildman–Crippen MR) is 126 cm³/mol. The Morgan fingerprint density at radius 2 is 2.03 bits per heavy atom. The Labute approximate surface area is 188 Å². The van der Waals surface area contributed by atoms with Gasteiger partial charge in [-0.05, 0) is 66.6 Å². The summed E-state index contributed by atoms with van der Waals surface area (Å²) in [5.41, 5.74) is 7.88. The van der Waals surface area contributed by atoms with Gasteiger partial charge in [0.2, 0.25) is 0 Å². The number of benzene rings is 1. The van der Waals surface area contributed by atoms with Gasteiger partial charge in [-0.1, -0.05) is 42.8 Å². The molecule has 0 radical (unpaired) electrons. The van der Waals surface area contributed by atoms with Crippen LogP contribution in [0.1, 0.15) is 58.3 Å². The van der Waals surface area contributed by atoms with Crippen LogP contribution >= 0.6 is 39.5 Å². The molecule has 1 aliphatic rings. The van der Waals surface area contributed by atoms with E-state index in [0.717, 1.165) is 29.3 Å². The van der Waals surface area contributed by atoms with Crippen molar-refractivity contribution in [1.82, 2.24) is 5.32 Å². The van der Waals surface area contributed by atoms with Crippen molar-refractivity contribution in [3.63, 3.8) is 0 Å². The molecule has 0 spiro atoms. The van der Waals surface area contributed by atoms with Crippen LogP contribution in [-0.2, 0) is 12.8 Å². The second kappa shape index (κ2) is 8.53. The van der Waals surface area contributed by atoms with Gasteiger partial charge in [-0.3, -0.25) is 14.9 Å². The maximum Gasteiger partial charge on any atom is 0.257 e. The van der Waals surface area contributed by atoms with E-state index in [0.29, 0.717) is 22.0 Å². The molecule has 0 saturated heterocycles. The highest BCUT2D eigenvalue weighted by Gasteiger charge is 2.33. The average molecular weight is 494 g/mol. The van der Waals surface area contributed by atoms with Crippen LogP contribution in [0.25, 0.3) is 0 Å². The van der Waals surface area contributed by atoms with Crippen LogP contribution < -0.4 is 16.4 Å². The Morgan fingerprint density at radius 1 is 1.31 bits per heavy atom. The van der Waals surface area contributed by atoms with Crippen molar-refractivity contribution in [1.29, 1.82) is 0 Å². The number of thiophene rings is 1. The predicted octanol–water partition coefficient (Wildman–Crippen LogP) is 4.89. The van der Waals surface area contributed by atoms with Crippen molar-refractivity contribution >= 4 is 61.4 Å². The van der Waals surface area contributed by atoms with E-state index in [1.807, 2.05) is 6.07 Å². The van der Waals surface area contributed by atoms with Crippen LogP contribution in [0.15, 0.2) is 28.7 Å². The number of anilines is 1. The number of thiocarbonyl (C=S) groups is 1. The van der Waals surface area contributed by atoms with Crippen molar-refractivity contribution in [2.45, 2.75) is 40.0 Å². The molecule has 0 fully saturated rings. The van der Waals surface area contributed by atoms with Crippen molar-refractivity contribution in [2.75, 3.05) is 5.32 Å². The molecule has 1 aromatic carbocycles. The number of amides is 2. The zero-order valence-electron chi connectivity index (χ0n) is 16.6. The normalized spacial score (nSPS) is 16.1. The van der Waals surface area contributed by atoms with Gasteiger partial charge in [0.1, 0.15) is 5.00 Å². The van der Waals surface area contributed by atoms with E-state index >= 15 is 0 Å². The molecule has 0 aliphatic heterocycles. The summed E-state index contributed by atoms with van der Waals surface area (Å²) >= 11 is 10.2. The summed E-state index contributed by atoms with van der Waals surface area (Å²) in [4.78, 5) is 25.7. The van der Waals surface area contributed by atoms with E-state index in [9.17, 15) is 9.59 Å². The lowest BCUT2D eigenvalue weighted by Gasteiger charge is -2.33.